The summed E-state index contributed by atoms with van der Waals surface area (Å²) in [6.07, 6.45) is -0.0562. The monoisotopic (exact) mass is 357 g/mol. The van der Waals surface area contributed by atoms with E-state index in [1.165, 1.54) is 0 Å². The third-order valence-electron chi connectivity index (χ3n) is 3.70. The molecule has 0 bridgehead atoms. The van der Waals surface area contributed by atoms with Crippen molar-refractivity contribution in [2.75, 3.05) is 5.32 Å². The van der Waals surface area contributed by atoms with Crippen LogP contribution in [0.4, 0.5) is 5.69 Å². The number of rotatable bonds is 8. The molecule has 0 amide bonds. The molecule has 138 valence electrons. The Morgan fingerprint density at radius 3 is 2.38 bits per heavy atom. The first-order chi connectivity index (χ1) is 12.3. The predicted molar refractivity (Wildman–Crippen MR) is 99.6 cm³/mol. The Morgan fingerprint density at radius 2 is 1.88 bits per heavy atom. The highest BCUT2D eigenvalue weighted by atomic mass is 16.5. The first-order valence-corrected chi connectivity index (χ1v) is 8.16. The molecule has 1 atom stereocenters. The summed E-state index contributed by atoms with van der Waals surface area (Å²) >= 11 is 0. The molecule has 26 heavy (non-hydrogen) atoms. The molecule has 0 saturated heterocycles. The van der Waals surface area contributed by atoms with Gasteiger partial charge in [-0.25, -0.2) is 4.79 Å². The number of ether oxygens (including phenoxy) is 1. The quantitative estimate of drug-likeness (QED) is 0.365. The summed E-state index contributed by atoms with van der Waals surface area (Å²) < 4.78 is 5.63. The van der Waals surface area contributed by atoms with E-state index in [0.717, 1.165) is 0 Å². The standard InChI is InChI=1S/C19H23N3O4/c1-11(2)26-16-8-5-13(9-14(16)10-23)17(19(24)25)22-15-6-3-12(4-7-15)18(20)21/h3-9,11,17,22-23H,10H2,1-2H3,(H3,20,21)(H,24,25). The number of carboxylic acid groups (broad SMARTS) is 1. The van der Waals surface area contributed by atoms with Crippen LogP contribution in [-0.2, 0) is 11.4 Å². The lowest BCUT2D eigenvalue weighted by Gasteiger charge is -2.19. The number of aliphatic carboxylic acids is 1. The van der Waals surface area contributed by atoms with Crippen LogP contribution < -0.4 is 15.8 Å². The minimum Gasteiger partial charge on any atom is -0.491 e. The number of carboxylic acids is 1. The van der Waals surface area contributed by atoms with Crippen LogP contribution in [0.5, 0.6) is 5.75 Å². The van der Waals surface area contributed by atoms with Gasteiger partial charge in [0.1, 0.15) is 11.6 Å². The molecule has 2 rings (SSSR count). The van der Waals surface area contributed by atoms with Crippen molar-refractivity contribution in [1.82, 2.24) is 0 Å². The first-order valence-electron chi connectivity index (χ1n) is 8.16. The Labute approximate surface area is 151 Å². The van der Waals surface area contributed by atoms with E-state index in [0.29, 0.717) is 28.1 Å². The molecule has 6 N–H and O–H groups in total. The number of nitrogens with one attached hydrogen (secondary N) is 2. The van der Waals surface area contributed by atoms with Crippen molar-refractivity contribution in [3.05, 3.63) is 59.2 Å². The second kappa shape index (κ2) is 8.35. The molecule has 0 heterocycles. The Bertz CT molecular complexity index is 788. The van der Waals surface area contributed by atoms with Crippen LogP contribution in [0.2, 0.25) is 0 Å². The van der Waals surface area contributed by atoms with E-state index in [2.05, 4.69) is 5.32 Å². The predicted octanol–water partition coefficient (Wildman–Crippen LogP) is 2.49. The van der Waals surface area contributed by atoms with Gasteiger partial charge in [0.05, 0.1) is 12.7 Å². The normalized spacial score (nSPS) is 11.8. The summed E-state index contributed by atoms with van der Waals surface area (Å²) in [5, 5.41) is 29.5. The molecule has 2 aromatic rings. The molecule has 1 unspecified atom stereocenters. The van der Waals surface area contributed by atoms with Crippen molar-refractivity contribution in [2.24, 2.45) is 5.73 Å². The van der Waals surface area contributed by atoms with Gasteiger partial charge in [-0.15, -0.1) is 0 Å². The number of anilines is 1. The Morgan fingerprint density at radius 1 is 1.23 bits per heavy atom. The second-order valence-electron chi connectivity index (χ2n) is 6.10. The zero-order valence-corrected chi connectivity index (χ0v) is 14.7. The summed E-state index contributed by atoms with van der Waals surface area (Å²) in [4.78, 5) is 11.7. The molecule has 0 saturated carbocycles. The van der Waals surface area contributed by atoms with Crippen LogP contribution in [-0.4, -0.2) is 28.1 Å². The number of carbonyl (C=O) groups is 1. The van der Waals surface area contributed by atoms with E-state index in [-0.39, 0.29) is 18.5 Å². The van der Waals surface area contributed by atoms with Crippen LogP contribution in [0.1, 0.15) is 36.6 Å². The molecular formula is C19H23N3O4. The van der Waals surface area contributed by atoms with E-state index in [1.807, 2.05) is 13.8 Å². The molecule has 0 aliphatic carbocycles. The third kappa shape index (κ3) is 4.73. The zero-order valence-electron chi connectivity index (χ0n) is 14.7. The van der Waals surface area contributed by atoms with Crippen LogP contribution in [0.25, 0.3) is 0 Å². The fourth-order valence-electron chi connectivity index (χ4n) is 2.47. The van der Waals surface area contributed by atoms with Gasteiger partial charge in [0.25, 0.3) is 0 Å². The number of nitrogens with two attached hydrogens (primary N) is 1. The number of benzene rings is 2. The molecule has 0 spiro atoms. The van der Waals surface area contributed by atoms with Crippen LogP contribution in [0.15, 0.2) is 42.5 Å². The van der Waals surface area contributed by atoms with Gasteiger partial charge in [-0.3, -0.25) is 5.41 Å². The minimum atomic E-state index is -1.05. The molecule has 7 nitrogen and oxygen atoms in total. The molecule has 7 heteroatoms. The van der Waals surface area contributed by atoms with Gasteiger partial charge in [0.15, 0.2) is 6.04 Å². The Hall–Kier alpha value is -3.06. The smallest absolute Gasteiger partial charge is 0.330 e. The highest BCUT2D eigenvalue weighted by Gasteiger charge is 2.21. The highest BCUT2D eigenvalue weighted by Crippen LogP contribution is 2.27. The average Bonchev–Trinajstić information content (AvgIpc) is 2.59. The highest BCUT2D eigenvalue weighted by molar-refractivity contribution is 5.95. The van der Waals surface area contributed by atoms with Crippen molar-refractivity contribution in [3.8, 4) is 5.75 Å². The number of hydrogen-bond donors (Lipinski definition) is 5. The van der Waals surface area contributed by atoms with E-state index in [4.69, 9.17) is 15.9 Å². The lowest BCUT2D eigenvalue weighted by molar-refractivity contribution is -0.138. The topological polar surface area (TPSA) is 129 Å². The molecule has 0 aliphatic rings. The van der Waals surface area contributed by atoms with Gasteiger partial charge in [0.2, 0.25) is 0 Å². The van der Waals surface area contributed by atoms with Crippen LogP contribution in [0.3, 0.4) is 0 Å². The summed E-state index contributed by atoms with van der Waals surface area (Å²) in [6, 6.07) is 10.5. The average molecular weight is 357 g/mol. The Balaban J connectivity index is 2.29. The fourth-order valence-corrected chi connectivity index (χ4v) is 2.47. The molecule has 0 aromatic heterocycles. The van der Waals surface area contributed by atoms with Crippen molar-refractivity contribution in [3.63, 3.8) is 0 Å². The maximum Gasteiger partial charge on any atom is 0.330 e. The minimum absolute atomic E-state index is 0.0559. The second-order valence-corrected chi connectivity index (χ2v) is 6.10. The van der Waals surface area contributed by atoms with Gasteiger partial charge in [0, 0.05) is 16.8 Å². The molecule has 0 aliphatic heterocycles. The number of hydrogen-bond acceptors (Lipinski definition) is 5. The summed E-state index contributed by atoms with van der Waals surface area (Å²) in [6.45, 7) is 3.50. The van der Waals surface area contributed by atoms with Crippen molar-refractivity contribution < 1.29 is 19.7 Å². The van der Waals surface area contributed by atoms with Gasteiger partial charge < -0.3 is 26.0 Å². The molecule has 0 fully saturated rings. The SMILES string of the molecule is CC(C)Oc1ccc(C(Nc2ccc(C(=N)N)cc2)C(=O)O)cc1CO. The summed E-state index contributed by atoms with van der Waals surface area (Å²) in [5.41, 5.74) is 7.57. The van der Waals surface area contributed by atoms with Gasteiger partial charge in [-0.2, -0.15) is 0 Å². The van der Waals surface area contributed by atoms with Gasteiger partial charge in [-0.05, 0) is 55.8 Å². The molecule has 0 radical (unpaired) electrons. The lowest BCUT2D eigenvalue weighted by atomic mass is 10.0. The third-order valence-corrected chi connectivity index (χ3v) is 3.70. The number of nitrogen functional groups attached to an aromatic ring is 1. The van der Waals surface area contributed by atoms with E-state index in [1.54, 1.807) is 42.5 Å². The number of amidine groups is 1. The maximum absolute atomic E-state index is 11.7. The van der Waals surface area contributed by atoms with Gasteiger partial charge >= 0.3 is 5.97 Å². The van der Waals surface area contributed by atoms with Crippen LogP contribution >= 0.6 is 0 Å². The van der Waals surface area contributed by atoms with Crippen molar-refractivity contribution in [2.45, 2.75) is 32.6 Å². The van der Waals surface area contributed by atoms with Crippen molar-refractivity contribution >= 4 is 17.5 Å². The molecule has 2 aromatic carbocycles. The lowest BCUT2D eigenvalue weighted by Crippen LogP contribution is -2.21. The van der Waals surface area contributed by atoms with Gasteiger partial charge in [-0.1, -0.05) is 6.07 Å². The zero-order chi connectivity index (χ0) is 19.3. The first kappa shape index (κ1) is 19.3. The fraction of sp³-hybridized carbons (Fsp3) is 0.263. The number of aliphatic hydroxyl groups is 1. The van der Waals surface area contributed by atoms with E-state index in [9.17, 15) is 15.0 Å². The van der Waals surface area contributed by atoms with Crippen molar-refractivity contribution in [1.29, 1.82) is 5.41 Å². The van der Waals surface area contributed by atoms with E-state index >= 15 is 0 Å². The summed E-state index contributed by atoms with van der Waals surface area (Å²) in [5.74, 6) is -0.581. The maximum atomic E-state index is 11.7. The Kier molecular flexibility index (Phi) is 6.19. The largest absolute Gasteiger partial charge is 0.491 e. The summed E-state index contributed by atoms with van der Waals surface area (Å²) in [7, 11) is 0. The molecular weight excluding hydrogens is 334 g/mol. The van der Waals surface area contributed by atoms with E-state index < -0.39 is 12.0 Å². The number of aliphatic hydroxyl groups excluding tert-OH is 1. The van der Waals surface area contributed by atoms with Crippen LogP contribution in [0, 0.1) is 5.41 Å².